The molecule has 0 bridgehead atoms. The number of rotatable bonds is 26. The molecule has 0 spiro atoms. The van der Waals surface area contributed by atoms with Crippen LogP contribution in [0.3, 0.4) is 0 Å². The van der Waals surface area contributed by atoms with Crippen LogP contribution in [0.15, 0.2) is 36.5 Å². The highest BCUT2D eigenvalue weighted by Crippen LogP contribution is 2.14. The minimum absolute atomic E-state index is 0.279. The number of carbonyl (C=O) groups is 1. The number of hydrogen-bond acceptors (Lipinski definition) is 4. The monoisotopic (exact) mass is 555 g/mol. The maximum Gasteiger partial charge on any atom is 0.266 e. The average molecular weight is 556 g/mol. The van der Waals surface area contributed by atoms with Crippen LogP contribution in [0.5, 0.6) is 0 Å². The van der Waals surface area contributed by atoms with Crippen molar-refractivity contribution in [2.75, 3.05) is 5.75 Å². The zero-order valence-corrected chi connectivity index (χ0v) is 25.1. The van der Waals surface area contributed by atoms with Crippen LogP contribution in [0.2, 0.25) is 0 Å². The van der Waals surface area contributed by atoms with Crippen molar-refractivity contribution >= 4 is 16.0 Å². The van der Waals surface area contributed by atoms with Crippen molar-refractivity contribution < 1.29 is 22.9 Å². The number of allylic oxidation sites excluding steroid dienone is 6. The van der Waals surface area contributed by atoms with Crippen LogP contribution in [0, 0.1) is 0 Å². The van der Waals surface area contributed by atoms with E-state index >= 15 is 0 Å². The van der Waals surface area contributed by atoms with Crippen LogP contribution >= 0.6 is 0 Å². The van der Waals surface area contributed by atoms with Gasteiger partial charge in [-0.05, 0) is 44.9 Å². The molecule has 0 aromatic carbocycles. The molecule has 0 aliphatic heterocycles. The van der Waals surface area contributed by atoms with Crippen molar-refractivity contribution in [1.29, 1.82) is 0 Å². The van der Waals surface area contributed by atoms with Gasteiger partial charge in [0.15, 0.2) is 0 Å². The van der Waals surface area contributed by atoms with Crippen molar-refractivity contribution in [1.82, 2.24) is 5.32 Å². The number of aliphatic hydroxyl groups excluding tert-OH is 1. The van der Waals surface area contributed by atoms with Crippen LogP contribution in [0.1, 0.15) is 136 Å². The van der Waals surface area contributed by atoms with E-state index in [9.17, 15) is 22.9 Å². The van der Waals surface area contributed by atoms with E-state index in [0.717, 1.165) is 57.8 Å². The normalized spacial score (nSPS) is 14.1. The lowest BCUT2D eigenvalue weighted by molar-refractivity contribution is -0.122. The Bertz CT molecular complexity index is 745. The Labute approximate surface area is 234 Å². The van der Waals surface area contributed by atoms with Crippen LogP contribution in [-0.4, -0.2) is 41.9 Å². The van der Waals surface area contributed by atoms with Gasteiger partial charge in [0.05, 0.1) is 17.9 Å². The zero-order valence-electron chi connectivity index (χ0n) is 24.3. The molecule has 38 heavy (non-hydrogen) atoms. The molecule has 2 atom stereocenters. The van der Waals surface area contributed by atoms with Crippen molar-refractivity contribution in [3.05, 3.63) is 36.5 Å². The molecule has 0 fully saturated rings. The fourth-order valence-corrected chi connectivity index (χ4v) is 5.11. The Kier molecular flexibility index (Phi) is 24.8. The maximum atomic E-state index is 12.4. The molecule has 0 aliphatic carbocycles. The molecule has 1 amide bonds. The lowest BCUT2D eigenvalue weighted by atomic mass is 10.0. The van der Waals surface area contributed by atoms with Crippen LogP contribution in [0.25, 0.3) is 0 Å². The molecule has 0 aromatic heterocycles. The molecule has 0 heterocycles. The first-order valence-electron chi connectivity index (χ1n) is 15.2. The summed E-state index contributed by atoms with van der Waals surface area (Å²) in [5, 5.41) is 13.2. The van der Waals surface area contributed by atoms with Gasteiger partial charge in [0.2, 0.25) is 5.91 Å². The molecular formula is C31H57NO5S. The van der Waals surface area contributed by atoms with E-state index < -0.39 is 28.0 Å². The molecule has 7 heteroatoms. The van der Waals surface area contributed by atoms with Gasteiger partial charge >= 0.3 is 0 Å². The lowest BCUT2D eigenvalue weighted by Crippen LogP contribution is -2.47. The van der Waals surface area contributed by atoms with E-state index in [1.165, 1.54) is 44.9 Å². The Morgan fingerprint density at radius 2 is 1.26 bits per heavy atom. The van der Waals surface area contributed by atoms with Gasteiger partial charge in [-0.25, -0.2) is 0 Å². The lowest BCUT2D eigenvalue weighted by Gasteiger charge is -2.23. The second-order valence-electron chi connectivity index (χ2n) is 10.4. The van der Waals surface area contributed by atoms with Gasteiger partial charge < -0.3 is 10.4 Å². The van der Waals surface area contributed by atoms with Gasteiger partial charge in [0, 0.05) is 6.42 Å². The molecule has 0 rings (SSSR count). The summed E-state index contributed by atoms with van der Waals surface area (Å²) < 4.78 is 32.2. The number of aliphatic hydroxyl groups is 1. The van der Waals surface area contributed by atoms with Crippen molar-refractivity contribution in [2.45, 2.75) is 148 Å². The fourth-order valence-electron chi connectivity index (χ4n) is 4.35. The SMILES string of the molecule is CC/C=C\C/C=C\C/C=C\CCCCCC(=O)NC(CS(=O)(=O)O)C(O)CCCCCCCCCCCC. The van der Waals surface area contributed by atoms with E-state index in [-0.39, 0.29) is 12.3 Å². The average Bonchev–Trinajstić information content (AvgIpc) is 2.86. The molecule has 3 N–H and O–H groups in total. The van der Waals surface area contributed by atoms with Gasteiger partial charge in [-0.2, -0.15) is 8.42 Å². The summed E-state index contributed by atoms with van der Waals surface area (Å²) in [5.74, 6) is -0.940. The molecule has 2 unspecified atom stereocenters. The molecule has 0 saturated heterocycles. The Hall–Kier alpha value is -1.44. The first-order valence-corrected chi connectivity index (χ1v) is 16.8. The Balaban J connectivity index is 4.10. The van der Waals surface area contributed by atoms with E-state index in [0.29, 0.717) is 12.8 Å². The highest BCUT2D eigenvalue weighted by Gasteiger charge is 2.25. The summed E-state index contributed by atoms with van der Waals surface area (Å²) in [6.07, 6.45) is 30.9. The molecule has 0 radical (unpaired) electrons. The van der Waals surface area contributed by atoms with Crippen LogP contribution in [0.4, 0.5) is 0 Å². The molecule has 0 aliphatic rings. The topological polar surface area (TPSA) is 104 Å². The Morgan fingerprint density at radius 3 is 1.84 bits per heavy atom. The number of unbranched alkanes of at least 4 members (excludes halogenated alkanes) is 12. The largest absolute Gasteiger partial charge is 0.391 e. The van der Waals surface area contributed by atoms with Gasteiger partial charge in [0.1, 0.15) is 0 Å². The fraction of sp³-hybridized carbons (Fsp3) is 0.774. The van der Waals surface area contributed by atoms with Crippen LogP contribution in [-0.2, 0) is 14.9 Å². The first kappa shape index (κ1) is 36.6. The van der Waals surface area contributed by atoms with Crippen molar-refractivity contribution in [2.24, 2.45) is 0 Å². The summed E-state index contributed by atoms with van der Waals surface area (Å²) in [6.45, 7) is 4.34. The van der Waals surface area contributed by atoms with Crippen molar-refractivity contribution in [3.8, 4) is 0 Å². The molecule has 6 nitrogen and oxygen atoms in total. The minimum Gasteiger partial charge on any atom is -0.391 e. The molecule has 0 saturated carbocycles. The molecule has 0 aromatic rings. The van der Waals surface area contributed by atoms with E-state index in [2.05, 4.69) is 55.6 Å². The minimum atomic E-state index is -4.31. The summed E-state index contributed by atoms with van der Waals surface area (Å²) in [6, 6.07) is -0.982. The van der Waals surface area contributed by atoms with Gasteiger partial charge in [-0.1, -0.05) is 121 Å². The van der Waals surface area contributed by atoms with E-state index in [1.807, 2.05) is 0 Å². The third-order valence-corrected chi connectivity index (χ3v) is 7.39. The smallest absolute Gasteiger partial charge is 0.266 e. The summed E-state index contributed by atoms with van der Waals surface area (Å²) in [5.41, 5.74) is 0. The number of hydrogen-bond donors (Lipinski definition) is 3. The van der Waals surface area contributed by atoms with E-state index in [1.54, 1.807) is 0 Å². The highest BCUT2D eigenvalue weighted by atomic mass is 32.2. The van der Waals surface area contributed by atoms with E-state index in [4.69, 9.17) is 0 Å². The summed E-state index contributed by atoms with van der Waals surface area (Å²) in [4.78, 5) is 12.4. The highest BCUT2D eigenvalue weighted by molar-refractivity contribution is 7.85. The number of carbonyl (C=O) groups excluding carboxylic acids is 1. The second kappa shape index (κ2) is 25.8. The third kappa shape index (κ3) is 26.2. The van der Waals surface area contributed by atoms with Gasteiger partial charge in [-0.3, -0.25) is 9.35 Å². The third-order valence-electron chi connectivity index (χ3n) is 6.61. The maximum absolute atomic E-state index is 12.4. The quantitative estimate of drug-likeness (QED) is 0.0573. The van der Waals surface area contributed by atoms with Crippen molar-refractivity contribution in [3.63, 3.8) is 0 Å². The number of amides is 1. The zero-order chi connectivity index (χ0) is 28.3. The summed E-state index contributed by atoms with van der Waals surface area (Å²) >= 11 is 0. The predicted octanol–water partition coefficient (Wildman–Crippen LogP) is 7.84. The van der Waals surface area contributed by atoms with Gasteiger partial charge in [0.25, 0.3) is 10.1 Å². The number of nitrogens with one attached hydrogen (secondary N) is 1. The standard InChI is InChI=1S/C31H57NO5S/c1-3-5-7-9-11-13-15-16-17-19-21-23-25-27-31(34)32-29(28-38(35,36)37)30(33)26-24-22-20-18-14-12-10-8-6-4-2/h5,7,11,13,16-17,29-30,33H,3-4,6,8-10,12,14-15,18-28H2,1-2H3,(H,32,34)(H,35,36,37)/b7-5-,13-11-,17-16-. The first-order chi connectivity index (χ1) is 18.3. The second-order valence-corrected chi connectivity index (χ2v) is 11.9. The van der Waals surface area contributed by atoms with Gasteiger partial charge in [-0.15, -0.1) is 0 Å². The van der Waals surface area contributed by atoms with Crippen LogP contribution < -0.4 is 5.32 Å². The molecule has 222 valence electrons. The predicted molar refractivity (Wildman–Crippen MR) is 161 cm³/mol. The Morgan fingerprint density at radius 1 is 0.737 bits per heavy atom. The molecular weight excluding hydrogens is 498 g/mol. The summed E-state index contributed by atoms with van der Waals surface area (Å²) in [7, 11) is -4.31.